The minimum absolute atomic E-state index is 0.0641. The maximum Gasteiger partial charge on any atom is 0.194 e. The van der Waals surface area contributed by atoms with Gasteiger partial charge in [-0.15, -0.1) is 0 Å². The van der Waals surface area contributed by atoms with Gasteiger partial charge >= 0.3 is 0 Å². The molecule has 0 heterocycles. The third kappa shape index (κ3) is 1.81. The summed E-state index contributed by atoms with van der Waals surface area (Å²) in [5.74, 6) is -0.128. The van der Waals surface area contributed by atoms with E-state index in [1.807, 2.05) is 0 Å². The Morgan fingerprint density at radius 2 is 0.682 bits per heavy atom. The van der Waals surface area contributed by atoms with E-state index < -0.39 is 0 Å². The quantitative estimate of drug-likeness (QED) is 0.428. The fourth-order valence-electron chi connectivity index (χ4n) is 2.71. The second-order valence-electron chi connectivity index (χ2n) is 5.33. The molecule has 0 unspecified atom stereocenters. The maximum atomic E-state index is 12.1. The summed E-state index contributed by atoms with van der Waals surface area (Å²) in [6.45, 7) is 0. The van der Waals surface area contributed by atoms with Gasteiger partial charge in [0.1, 0.15) is 0 Å². The van der Waals surface area contributed by atoms with E-state index in [0.29, 0.717) is 22.3 Å². The number of benzene rings is 3. The highest BCUT2D eigenvalue weighted by Gasteiger charge is 2.28. The van der Waals surface area contributed by atoms with Gasteiger partial charge in [-0.1, -0.05) is 72.8 Å². The van der Waals surface area contributed by atoms with Crippen LogP contribution >= 0.6 is 0 Å². The highest BCUT2D eigenvalue weighted by Crippen LogP contribution is 2.29. The summed E-state index contributed by atoms with van der Waals surface area (Å²) < 4.78 is 0. The number of hydrogen-bond donors (Lipinski definition) is 0. The minimum Gasteiger partial charge on any atom is -0.289 e. The van der Waals surface area contributed by atoms with Gasteiger partial charge in [-0.3, -0.25) is 9.59 Å². The van der Waals surface area contributed by atoms with Gasteiger partial charge in [-0.05, 0) is 11.1 Å². The first-order chi connectivity index (χ1) is 10.8. The van der Waals surface area contributed by atoms with Crippen LogP contribution in [0.5, 0.6) is 0 Å². The van der Waals surface area contributed by atoms with Crippen LogP contribution in [0.4, 0.5) is 0 Å². The Labute approximate surface area is 128 Å². The van der Waals surface area contributed by atoms with Crippen LogP contribution in [0.15, 0.2) is 72.8 Å². The van der Waals surface area contributed by atoms with E-state index in [9.17, 15) is 9.59 Å². The summed E-state index contributed by atoms with van der Waals surface area (Å²) in [6.07, 6.45) is 0. The molecule has 0 atom stereocenters. The molecule has 0 radical (unpaired) electrons. The number of carbonyl (C=O) groups excluding carboxylic acids is 2. The van der Waals surface area contributed by atoms with Gasteiger partial charge in [0.2, 0.25) is 0 Å². The Hall–Kier alpha value is -3.00. The molecule has 0 aliphatic heterocycles. The van der Waals surface area contributed by atoms with E-state index in [2.05, 4.69) is 24.3 Å². The molecule has 3 aliphatic rings. The van der Waals surface area contributed by atoms with Gasteiger partial charge in [0.05, 0.1) is 0 Å². The largest absolute Gasteiger partial charge is 0.289 e. The van der Waals surface area contributed by atoms with E-state index in [0.717, 1.165) is 0 Å². The van der Waals surface area contributed by atoms with E-state index >= 15 is 0 Å². The van der Waals surface area contributed by atoms with Crippen LogP contribution in [0, 0.1) is 0 Å². The number of fused-ring (bicyclic) bond motifs is 3. The van der Waals surface area contributed by atoms with Crippen molar-refractivity contribution in [3.8, 4) is 11.1 Å². The fraction of sp³-hybridized carbons (Fsp3) is 0. The van der Waals surface area contributed by atoms with Crippen LogP contribution in [0.3, 0.4) is 0 Å². The SMILES string of the molecule is O=C1c2ccccc2C(=O)c2ccccc21.c1cc2ccc1-2. The summed E-state index contributed by atoms with van der Waals surface area (Å²) in [5.41, 5.74) is 4.87. The maximum absolute atomic E-state index is 12.1. The average Bonchev–Trinajstić information content (AvgIpc) is 2.56. The molecule has 0 aromatic heterocycles. The fourth-order valence-corrected chi connectivity index (χ4v) is 2.71. The monoisotopic (exact) mass is 284 g/mol. The van der Waals surface area contributed by atoms with E-state index in [-0.39, 0.29) is 11.6 Å². The molecule has 2 aromatic rings. The van der Waals surface area contributed by atoms with Crippen molar-refractivity contribution in [2.24, 2.45) is 0 Å². The number of ketones is 2. The summed E-state index contributed by atoms with van der Waals surface area (Å²) in [5, 5.41) is 0. The van der Waals surface area contributed by atoms with Gasteiger partial charge in [0.25, 0.3) is 0 Å². The lowest BCUT2D eigenvalue weighted by Gasteiger charge is -2.16. The van der Waals surface area contributed by atoms with Crippen molar-refractivity contribution >= 4 is 11.6 Å². The van der Waals surface area contributed by atoms with Crippen LogP contribution < -0.4 is 0 Å². The first kappa shape index (κ1) is 12.7. The van der Waals surface area contributed by atoms with Crippen molar-refractivity contribution in [1.82, 2.24) is 0 Å². The Kier molecular flexibility index (Phi) is 2.76. The van der Waals surface area contributed by atoms with Crippen LogP contribution in [-0.4, -0.2) is 11.6 Å². The van der Waals surface area contributed by atoms with Crippen molar-refractivity contribution in [3.05, 3.63) is 95.1 Å². The van der Waals surface area contributed by atoms with Gasteiger partial charge in [-0.25, -0.2) is 0 Å². The lowest BCUT2D eigenvalue weighted by Crippen LogP contribution is -2.20. The number of carbonyl (C=O) groups is 2. The molecule has 0 spiro atoms. The van der Waals surface area contributed by atoms with Crippen LogP contribution in [0.25, 0.3) is 11.1 Å². The van der Waals surface area contributed by atoms with E-state index in [1.54, 1.807) is 48.5 Å². The van der Waals surface area contributed by atoms with Crippen molar-refractivity contribution in [2.45, 2.75) is 0 Å². The van der Waals surface area contributed by atoms with E-state index in [1.165, 1.54) is 11.1 Å². The molecule has 0 bridgehead atoms. The molecule has 22 heavy (non-hydrogen) atoms. The standard InChI is InChI=1S/C14H8O2.C6H4/c15-13-9-5-1-2-6-10(9)14(16)12-8-4-3-7-11(12)13;1-2-6-4-3-5(1)6/h1-8H;1-4H. The summed E-state index contributed by atoms with van der Waals surface area (Å²) in [7, 11) is 0. The second-order valence-corrected chi connectivity index (χ2v) is 5.33. The van der Waals surface area contributed by atoms with Crippen molar-refractivity contribution < 1.29 is 9.59 Å². The van der Waals surface area contributed by atoms with Crippen LogP contribution in [0.2, 0.25) is 0 Å². The molecular weight excluding hydrogens is 272 g/mol. The molecule has 0 fully saturated rings. The van der Waals surface area contributed by atoms with Gasteiger partial charge in [-0.2, -0.15) is 0 Å². The number of hydrogen-bond acceptors (Lipinski definition) is 2. The van der Waals surface area contributed by atoms with Gasteiger partial charge in [0.15, 0.2) is 11.6 Å². The molecule has 2 heteroatoms. The first-order valence-corrected chi connectivity index (χ1v) is 7.13. The topological polar surface area (TPSA) is 34.1 Å². The minimum atomic E-state index is -0.0641. The molecule has 0 amide bonds. The Bertz CT molecular complexity index is 779. The molecular formula is C20H12O2. The van der Waals surface area contributed by atoms with Gasteiger partial charge in [0, 0.05) is 22.3 Å². The zero-order chi connectivity index (χ0) is 15.1. The lowest BCUT2D eigenvalue weighted by atomic mass is 9.84. The van der Waals surface area contributed by atoms with Gasteiger partial charge < -0.3 is 0 Å². The molecule has 0 saturated carbocycles. The second kappa shape index (κ2) is 4.78. The van der Waals surface area contributed by atoms with Crippen LogP contribution in [0.1, 0.15) is 31.8 Å². The van der Waals surface area contributed by atoms with Crippen molar-refractivity contribution in [3.63, 3.8) is 0 Å². The zero-order valence-corrected chi connectivity index (χ0v) is 11.7. The van der Waals surface area contributed by atoms with Crippen molar-refractivity contribution in [1.29, 1.82) is 0 Å². The predicted octanol–water partition coefficient (Wildman–Crippen LogP) is 4.13. The summed E-state index contributed by atoms with van der Waals surface area (Å²) >= 11 is 0. The normalized spacial score (nSPS) is 12.7. The third-order valence-electron chi connectivity index (χ3n) is 4.05. The molecule has 0 saturated heterocycles. The zero-order valence-electron chi connectivity index (χ0n) is 11.7. The first-order valence-electron chi connectivity index (χ1n) is 7.13. The highest BCUT2D eigenvalue weighted by atomic mass is 16.1. The number of rotatable bonds is 0. The molecule has 104 valence electrons. The smallest absolute Gasteiger partial charge is 0.194 e. The third-order valence-corrected chi connectivity index (χ3v) is 4.05. The Morgan fingerprint density at radius 1 is 0.409 bits per heavy atom. The molecule has 2 aromatic carbocycles. The van der Waals surface area contributed by atoms with E-state index in [4.69, 9.17) is 0 Å². The molecule has 3 aliphatic carbocycles. The molecule has 2 nitrogen and oxygen atoms in total. The predicted molar refractivity (Wildman–Crippen MR) is 85.2 cm³/mol. The Morgan fingerprint density at radius 3 is 0.864 bits per heavy atom. The highest BCUT2D eigenvalue weighted by molar-refractivity contribution is 6.28. The Balaban J connectivity index is 0.000000172. The molecule has 0 N–H and O–H groups in total. The molecule has 5 rings (SSSR count). The average molecular weight is 284 g/mol. The van der Waals surface area contributed by atoms with Crippen molar-refractivity contribution in [2.75, 3.05) is 0 Å². The van der Waals surface area contributed by atoms with Crippen LogP contribution in [-0.2, 0) is 0 Å². The summed E-state index contributed by atoms with van der Waals surface area (Å²) in [4.78, 5) is 24.2. The summed E-state index contributed by atoms with van der Waals surface area (Å²) in [6, 6.07) is 22.4. The lowest BCUT2D eigenvalue weighted by molar-refractivity contribution is 0.0979.